The van der Waals surface area contributed by atoms with Crippen molar-refractivity contribution in [1.82, 2.24) is 0 Å². The molecule has 0 aliphatic rings. The molecule has 0 aromatic carbocycles. The van der Waals surface area contributed by atoms with E-state index < -0.39 is 7.82 Å². The maximum Gasteiger partial charge on any atom is 1.00 e. The van der Waals surface area contributed by atoms with Crippen molar-refractivity contribution in [1.29, 1.82) is 0 Å². The second-order valence-electron chi connectivity index (χ2n) is 4.01. The van der Waals surface area contributed by atoms with Gasteiger partial charge in [-0.2, -0.15) is 0 Å². The number of phosphoric ester groups is 1. The van der Waals surface area contributed by atoms with Crippen LogP contribution in [0.2, 0.25) is 0 Å². The van der Waals surface area contributed by atoms with Gasteiger partial charge in [-0.05, 0) is 6.42 Å². The molecular weight excluding hydrogens is 289 g/mol. The predicted octanol–water partition coefficient (Wildman–Crippen LogP) is -4.39. The maximum atomic E-state index is 10.1. The number of phosphoric acid groups is 1. The first-order chi connectivity index (χ1) is 8.06. The van der Waals surface area contributed by atoms with Gasteiger partial charge in [0.1, 0.15) is 0 Å². The van der Waals surface area contributed by atoms with Crippen LogP contribution in [0.15, 0.2) is 0 Å². The molecule has 0 bridgehead atoms. The van der Waals surface area contributed by atoms with Crippen LogP contribution in [0.1, 0.15) is 51.9 Å². The summed E-state index contributed by atoms with van der Waals surface area (Å²) < 4.78 is 19.2. The Balaban J connectivity index is -0.00000128. The molecule has 0 spiro atoms. The standard InChI is InChI=1S/C11H25O5P.2Na/c1-2-3-4-5-6-7-8-9-15-10-11-16-17(12,13)14;;/h2-11H2,1H3,(H2,12,13,14);;/q;2*+1/p-2. The van der Waals surface area contributed by atoms with Crippen molar-refractivity contribution in [2.75, 3.05) is 19.8 Å². The van der Waals surface area contributed by atoms with E-state index in [1.165, 1.54) is 32.1 Å². The molecule has 104 valence electrons. The van der Waals surface area contributed by atoms with Gasteiger partial charge in [0.25, 0.3) is 0 Å². The summed E-state index contributed by atoms with van der Waals surface area (Å²) in [6.45, 7) is 2.77. The third-order valence-corrected chi connectivity index (χ3v) is 2.87. The Morgan fingerprint density at radius 3 is 1.89 bits per heavy atom. The molecular formula is C11H23Na2O5P. The first kappa shape index (κ1) is 26.0. The van der Waals surface area contributed by atoms with Gasteiger partial charge in [-0.15, -0.1) is 0 Å². The van der Waals surface area contributed by atoms with Crippen LogP contribution in [0.5, 0.6) is 0 Å². The molecule has 0 N–H and O–H groups in total. The fourth-order valence-electron chi connectivity index (χ4n) is 1.47. The van der Waals surface area contributed by atoms with Gasteiger partial charge in [-0.25, -0.2) is 0 Å². The minimum Gasteiger partial charge on any atom is -0.790 e. The fraction of sp³-hybridized carbons (Fsp3) is 1.00. The van der Waals surface area contributed by atoms with Crippen LogP contribution in [0.3, 0.4) is 0 Å². The van der Waals surface area contributed by atoms with Crippen LogP contribution in [-0.2, 0) is 13.8 Å². The summed E-state index contributed by atoms with van der Waals surface area (Å²) >= 11 is 0. The summed E-state index contributed by atoms with van der Waals surface area (Å²) in [6, 6.07) is 0. The van der Waals surface area contributed by atoms with Gasteiger partial charge in [0.05, 0.1) is 21.0 Å². The van der Waals surface area contributed by atoms with Crippen molar-refractivity contribution in [2.45, 2.75) is 51.9 Å². The van der Waals surface area contributed by atoms with E-state index in [-0.39, 0.29) is 72.3 Å². The van der Waals surface area contributed by atoms with Crippen LogP contribution in [0.25, 0.3) is 0 Å². The Kier molecular flexibility index (Phi) is 24.8. The third kappa shape index (κ3) is 25.4. The van der Waals surface area contributed by atoms with Crippen LogP contribution < -0.4 is 68.9 Å². The minimum absolute atomic E-state index is 0. The van der Waals surface area contributed by atoms with Crippen molar-refractivity contribution < 1.29 is 82.7 Å². The maximum absolute atomic E-state index is 10.1. The van der Waals surface area contributed by atoms with Crippen LogP contribution >= 0.6 is 7.82 Å². The van der Waals surface area contributed by atoms with Crippen LogP contribution in [-0.4, -0.2) is 19.8 Å². The Hall–Kier alpha value is 2.07. The Bertz CT molecular complexity index is 213. The van der Waals surface area contributed by atoms with Gasteiger partial charge < -0.3 is 23.6 Å². The van der Waals surface area contributed by atoms with Crippen molar-refractivity contribution >= 4 is 7.82 Å². The van der Waals surface area contributed by atoms with E-state index in [0.717, 1.165) is 12.8 Å². The largest absolute Gasteiger partial charge is 1.00 e. The smallest absolute Gasteiger partial charge is 0.790 e. The van der Waals surface area contributed by atoms with E-state index in [1.807, 2.05) is 0 Å². The molecule has 0 aromatic rings. The average Bonchev–Trinajstić information content (AvgIpc) is 2.24. The average molecular weight is 312 g/mol. The number of hydrogen-bond acceptors (Lipinski definition) is 5. The molecule has 19 heavy (non-hydrogen) atoms. The zero-order valence-electron chi connectivity index (χ0n) is 12.6. The molecule has 0 heterocycles. The van der Waals surface area contributed by atoms with Crippen molar-refractivity contribution in [3.05, 3.63) is 0 Å². The van der Waals surface area contributed by atoms with Gasteiger partial charge in [-0.1, -0.05) is 45.4 Å². The molecule has 0 saturated carbocycles. The monoisotopic (exact) mass is 312 g/mol. The quantitative estimate of drug-likeness (QED) is 0.206. The molecule has 0 aliphatic carbocycles. The summed E-state index contributed by atoms with van der Waals surface area (Å²) in [6.07, 6.45) is 8.45. The fourth-order valence-corrected chi connectivity index (χ4v) is 1.77. The molecule has 0 rings (SSSR count). The normalized spacial score (nSPS) is 10.7. The van der Waals surface area contributed by atoms with E-state index in [0.29, 0.717) is 6.61 Å². The summed E-state index contributed by atoms with van der Waals surface area (Å²) in [5.74, 6) is 0. The number of unbranched alkanes of at least 4 members (excludes halogenated alkanes) is 6. The Morgan fingerprint density at radius 1 is 0.842 bits per heavy atom. The first-order valence-corrected chi connectivity index (χ1v) is 7.76. The number of hydrogen-bond donors (Lipinski definition) is 0. The minimum atomic E-state index is -4.82. The summed E-state index contributed by atoms with van der Waals surface area (Å²) in [5.41, 5.74) is 0. The first-order valence-electron chi connectivity index (χ1n) is 6.30. The number of ether oxygens (including phenoxy) is 1. The molecule has 0 atom stereocenters. The van der Waals surface area contributed by atoms with Gasteiger partial charge >= 0.3 is 59.1 Å². The zero-order valence-corrected chi connectivity index (χ0v) is 17.5. The Labute approximate surface area is 161 Å². The van der Waals surface area contributed by atoms with Crippen molar-refractivity contribution in [3.63, 3.8) is 0 Å². The molecule has 0 saturated heterocycles. The SMILES string of the molecule is CCCCCCCCCOCCOP(=O)([O-])[O-].[Na+].[Na+]. The molecule has 0 amide bonds. The molecule has 0 unspecified atom stereocenters. The molecule has 0 radical (unpaired) electrons. The number of rotatable bonds is 12. The topological polar surface area (TPSA) is 81.7 Å². The van der Waals surface area contributed by atoms with Crippen LogP contribution in [0, 0.1) is 0 Å². The van der Waals surface area contributed by atoms with E-state index in [1.54, 1.807) is 0 Å². The zero-order chi connectivity index (χ0) is 13.0. The summed E-state index contributed by atoms with van der Waals surface area (Å²) in [4.78, 5) is 20.2. The molecule has 0 fully saturated rings. The van der Waals surface area contributed by atoms with Gasteiger partial charge in [0.15, 0.2) is 0 Å². The summed E-state index contributed by atoms with van der Waals surface area (Å²) in [7, 11) is -4.82. The van der Waals surface area contributed by atoms with Crippen LogP contribution in [0.4, 0.5) is 0 Å². The summed E-state index contributed by atoms with van der Waals surface area (Å²) in [5, 5.41) is 0. The van der Waals surface area contributed by atoms with E-state index in [2.05, 4.69) is 11.4 Å². The molecule has 8 heteroatoms. The predicted molar refractivity (Wildman–Crippen MR) is 62.4 cm³/mol. The Morgan fingerprint density at radius 2 is 1.37 bits per heavy atom. The van der Waals surface area contributed by atoms with E-state index >= 15 is 0 Å². The molecule has 5 nitrogen and oxygen atoms in total. The van der Waals surface area contributed by atoms with E-state index in [9.17, 15) is 14.4 Å². The molecule has 0 aromatic heterocycles. The second kappa shape index (κ2) is 18.1. The van der Waals surface area contributed by atoms with E-state index in [4.69, 9.17) is 4.74 Å². The third-order valence-electron chi connectivity index (χ3n) is 2.37. The van der Waals surface area contributed by atoms with Gasteiger partial charge in [-0.3, -0.25) is 0 Å². The van der Waals surface area contributed by atoms with Crippen molar-refractivity contribution in [3.8, 4) is 0 Å². The van der Waals surface area contributed by atoms with Gasteiger partial charge in [0, 0.05) is 6.61 Å². The van der Waals surface area contributed by atoms with Crippen molar-refractivity contribution in [2.24, 2.45) is 0 Å². The second-order valence-corrected chi connectivity index (χ2v) is 5.17. The molecule has 0 aliphatic heterocycles. The van der Waals surface area contributed by atoms with Gasteiger partial charge in [0.2, 0.25) is 0 Å².